The first kappa shape index (κ1) is 11.9. The van der Waals surface area contributed by atoms with Crippen molar-refractivity contribution in [3.05, 3.63) is 29.3 Å². The third-order valence-corrected chi connectivity index (χ3v) is 2.66. The Kier molecular flexibility index (Phi) is 3.61. The van der Waals surface area contributed by atoms with Gasteiger partial charge in [-0.15, -0.1) is 0 Å². The van der Waals surface area contributed by atoms with Crippen molar-refractivity contribution in [2.45, 2.75) is 12.5 Å². The smallest absolute Gasteiger partial charge is 0.329 e. The molecule has 1 unspecified atom stereocenters. The van der Waals surface area contributed by atoms with Crippen LogP contribution in [0.4, 0.5) is 0 Å². The summed E-state index contributed by atoms with van der Waals surface area (Å²) in [4.78, 5) is 10.3. The van der Waals surface area contributed by atoms with E-state index in [1.54, 1.807) is 0 Å². The molecule has 1 aliphatic rings. The van der Waals surface area contributed by atoms with Crippen LogP contribution in [0, 0.1) is 0 Å². The number of hydrogen-bond acceptors (Lipinski definition) is 4. The fraction of sp³-hybridized carbons (Fsp3) is 0.417. The molecular weight excluding hydrogens is 222 g/mol. The fourth-order valence-corrected chi connectivity index (χ4v) is 1.81. The molecule has 1 aromatic rings. The molecule has 0 radical (unpaired) electrons. The summed E-state index contributed by atoms with van der Waals surface area (Å²) in [5.74, 6) is -0.0769. The van der Waals surface area contributed by atoms with E-state index in [4.69, 9.17) is 20.3 Å². The number of nitrogens with two attached hydrogens (primary N) is 1. The van der Waals surface area contributed by atoms with Crippen molar-refractivity contribution in [2.75, 3.05) is 19.8 Å². The van der Waals surface area contributed by atoms with Crippen LogP contribution >= 0.6 is 0 Å². The van der Waals surface area contributed by atoms with Crippen molar-refractivity contribution >= 4 is 5.97 Å². The van der Waals surface area contributed by atoms with Gasteiger partial charge in [-0.05, 0) is 17.2 Å². The molecule has 2 rings (SSSR count). The third kappa shape index (κ3) is 2.95. The molecule has 1 aliphatic heterocycles. The molecule has 3 N–H and O–H groups in total. The zero-order valence-electron chi connectivity index (χ0n) is 9.39. The number of carbonyl (C=O) groups is 1. The van der Waals surface area contributed by atoms with Crippen LogP contribution in [0.5, 0.6) is 5.75 Å². The molecule has 0 aliphatic carbocycles. The Hall–Kier alpha value is -1.59. The monoisotopic (exact) mass is 237 g/mol. The van der Waals surface area contributed by atoms with Crippen molar-refractivity contribution in [1.29, 1.82) is 0 Å². The number of rotatable bonds is 5. The molecule has 17 heavy (non-hydrogen) atoms. The summed E-state index contributed by atoms with van der Waals surface area (Å²) in [6, 6.07) is 5.48. The minimum Gasteiger partial charge on any atom is -0.493 e. The van der Waals surface area contributed by atoms with Crippen LogP contribution in [0.2, 0.25) is 0 Å². The average Bonchev–Trinajstić information content (AvgIpc) is 2.75. The van der Waals surface area contributed by atoms with Gasteiger partial charge in [0.1, 0.15) is 12.4 Å². The molecule has 1 atom stereocenters. The van der Waals surface area contributed by atoms with E-state index in [0.29, 0.717) is 6.61 Å². The van der Waals surface area contributed by atoms with E-state index in [1.165, 1.54) is 0 Å². The molecule has 5 heteroatoms. The van der Waals surface area contributed by atoms with E-state index in [-0.39, 0.29) is 19.3 Å². The molecule has 1 heterocycles. The third-order valence-electron chi connectivity index (χ3n) is 2.66. The Morgan fingerprint density at radius 1 is 1.59 bits per heavy atom. The molecule has 1 aromatic carbocycles. The van der Waals surface area contributed by atoms with Gasteiger partial charge in [-0.2, -0.15) is 0 Å². The molecule has 0 aromatic heterocycles. The first-order chi connectivity index (χ1) is 8.16. The topological polar surface area (TPSA) is 81.8 Å². The van der Waals surface area contributed by atoms with Crippen molar-refractivity contribution in [2.24, 2.45) is 5.73 Å². The second-order valence-corrected chi connectivity index (χ2v) is 3.98. The molecule has 0 spiro atoms. The van der Waals surface area contributed by atoms with Crippen LogP contribution in [-0.4, -0.2) is 30.9 Å². The van der Waals surface area contributed by atoms with Crippen molar-refractivity contribution in [3.63, 3.8) is 0 Å². The number of hydrogen-bond donors (Lipinski definition) is 2. The predicted molar refractivity (Wildman–Crippen MR) is 61.0 cm³/mol. The Balaban J connectivity index is 1.95. The Labute approximate surface area is 99.1 Å². The van der Waals surface area contributed by atoms with Crippen LogP contribution in [0.3, 0.4) is 0 Å². The van der Waals surface area contributed by atoms with Gasteiger partial charge in [-0.25, -0.2) is 4.79 Å². The SMILES string of the molecule is NC(COCC(=O)O)c1ccc2c(c1)CCO2. The molecule has 0 saturated heterocycles. The van der Waals surface area contributed by atoms with Gasteiger partial charge in [-0.3, -0.25) is 0 Å². The van der Waals surface area contributed by atoms with E-state index in [1.807, 2.05) is 18.2 Å². The number of benzene rings is 1. The van der Waals surface area contributed by atoms with Crippen LogP contribution in [0.1, 0.15) is 17.2 Å². The van der Waals surface area contributed by atoms with Crippen LogP contribution < -0.4 is 10.5 Å². The van der Waals surface area contributed by atoms with Crippen molar-refractivity contribution < 1.29 is 19.4 Å². The van der Waals surface area contributed by atoms with Crippen molar-refractivity contribution in [1.82, 2.24) is 0 Å². The van der Waals surface area contributed by atoms with Gasteiger partial charge in [0.2, 0.25) is 0 Å². The number of fused-ring (bicyclic) bond motifs is 1. The Morgan fingerprint density at radius 3 is 3.18 bits per heavy atom. The van der Waals surface area contributed by atoms with E-state index in [2.05, 4.69) is 0 Å². The highest BCUT2D eigenvalue weighted by Crippen LogP contribution is 2.27. The van der Waals surface area contributed by atoms with Gasteiger partial charge in [-0.1, -0.05) is 12.1 Å². The molecule has 0 saturated carbocycles. The standard InChI is InChI=1S/C12H15NO4/c13-10(6-16-7-12(14)15)8-1-2-11-9(5-8)3-4-17-11/h1-2,5,10H,3-4,6-7,13H2,(H,14,15). The van der Waals surface area contributed by atoms with E-state index >= 15 is 0 Å². The number of aliphatic carboxylic acids is 1. The zero-order valence-corrected chi connectivity index (χ0v) is 9.39. The van der Waals surface area contributed by atoms with Gasteiger partial charge in [0, 0.05) is 6.42 Å². The summed E-state index contributed by atoms with van der Waals surface area (Å²) in [6.07, 6.45) is 0.895. The van der Waals surface area contributed by atoms with Gasteiger partial charge in [0.05, 0.1) is 19.3 Å². The number of carboxylic acids is 1. The van der Waals surface area contributed by atoms with Gasteiger partial charge < -0.3 is 20.3 Å². The number of ether oxygens (including phenoxy) is 2. The molecule has 0 fully saturated rings. The second kappa shape index (κ2) is 5.16. The van der Waals surface area contributed by atoms with E-state index in [0.717, 1.165) is 23.3 Å². The van der Waals surface area contributed by atoms with Crippen molar-refractivity contribution in [3.8, 4) is 5.75 Å². The summed E-state index contributed by atoms with van der Waals surface area (Å²) < 4.78 is 10.4. The van der Waals surface area contributed by atoms with Gasteiger partial charge in [0.15, 0.2) is 0 Å². The van der Waals surface area contributed by atoms with Crippen LogP contribution in [0.15, 0.2) is 18.2 Å². The highest BCUT2D eigenvalue weighted by atomic mass is 16.5. The quantitative estimate of drug-likeness (QED) is 0.788. The highest BCUT2D eigenvalue weighted by Gasteiger charge is 2.15. The molecule has 0 bridgehead atoms. The summed E-state index contributed by atoms with van der Waals surface area (Å²) in [6.45, 7) is 0.594. The Morgan fingerprint density at radius 2 is 2.41 bits per heavy atom. The molecule has 92 valence electrons. The molecule has 0 amide bonds. The fourth-order valence-electron chi connectivity index (χ4n) is 1.81. The average molecular weight is 237 g/mol. The minimum absolute atomic E-state index is 0.200. The lowest BCUT2D eigenvalue weighted by Gasteiger charge is -2.12. The number of carboxylic acid groups (broad SMARTS) is 1. The summed E-state index contributed by atoms with van der Waals surface area (Å²) in [5.41, 5.74) is 8.01. The lowest BCUT2D eigenvalue weighted by atomic mass is 10.0. The predicted octanol–water partition coefficient (Wildman–Crippen LogP) is 0.722. The Bertz CT molecular complexity index is 419. The van der Waals surface area contributed by atoms with Crippen LogP contribution in [-0.2, 0) is 16.0 Å². The van der Waals surface area contributed by atoms with Gasteiger partial charge >= 0.3 is 5.97 Å². The lowest BCUT2D eigenvalue weighted by molar-refractivity contribution is -0.142. The normalized spacial score (nSPS) is 15.1. The molecule has 5 nitrogen and oxygen atoms in total. The first-order valence-electron chi connectivity index (χ1n) is 5.47. The first-order valence-corrected chi connectivity index (χ1v) is 5.47. The summed E-state index contributed by atoms with van der Waals surface area (Å²) >= 11 is 0. The minimum atomic E-state index is -0.987. The second-order valence-electron chi connectivity index (χ2n) is 3.98. The van der Waals surface area contributed by atoms with Crippen LogP contribution in [0.25, 0.3) is 0 Å². The largest absolute Gasteiger partial charge is 0.493 e. The summed E-state index contributed by atoms with van der Waals surface area (Å²) in [7, 11) is 0. The summed E-state index contributed by atoms with van der Waals surface area (Å²) in [5, 5.41) is 8.44. The maximum Gasteiger partial charge on any atom is 0.329 e. The highest BCUT2D eigenvalue weighted by molar-refractivity contribution is 5.68. The van der Waals surface area contributed by atoms with E-state index < -0.39 is 5.97 Å². The zero-order chi connectivity index (χ0) is 12.3. The molecular formula is C12H15NO4. The van der Waals surface area contributed by atoms with E-state index in [9.17, 15) is 4.79 Å². The lowest BCUT2D eigenvalue weighted by Crippen LogP contribution is -2.19. The maximum absolute atomic E-state index is 10.3. The maximum atomic E-state index is 10.3. The van der Waals surface area contributed by atoms with Gasteiger partial charge in [0.25, 0.3) is 0 Å².